The zero-order valence-electron chi connectivity index (χ0n) is 25.5. The predicted molar refractivity (Wildman–Crippen MR) is 171 cm³/mol. The standard InChI is InChI=1S/C36H28N4O6/c1-21-13-27-17-28(14-21)44-32-20-34(40-36(38-32)24-7-11-26(42-4)12-8-24)46-30-16-22(2)15-29(18-30)45-33-19-31(43-27)37-35(39-33)23-5-9-25(41-3)10-6-23/h5-20H,1-4H3. The van der Waals surface area contributed by atoms with Gasteiger partial charge in [-0.2, -0.15) is 19.9 Å². The lowest BCUT2D eigenvalue weighted by atomic mass is 10.2. The Morgan fingerprint density at radius 2 is 0.717 bits per heavy atom. The number of rotatable bonds is 4. The van der Waals surface area contributed by atoms with Gasteiger partial charge in [-0.1, -0.05) is 0 Å². The second-order valence-electron chi connectivity index (χ2n) is 10.6. The molecular weight excluding hydrogens is 584 g/mol. The first-order valence-corrected chi connectivity index (χ1v) is 14.4. The van der Waals surface area contributed by atoms with Crippen LogP contribution in [-0.2, 0) is 0 Å². The zero-order valence-corrected chi connectivity index (χ0v) is 25.5. The molecule has 46 heavy (non-hydrogen) atoms. The summed E-state index contributed by atoms with van der Waals surface area (Å²) in [4.78, 5) is 18.8. The van der Waals surface area contributed by atoms with Gasteiger partial charge in [-0.15, -0.1) is 0 Å². The average molecular weight is 613 g/mol. The summed E-state index contributed by atoms with van der Waals surface area (Å²) in [6.45, 7) is 3.89. The fourth-order valence-electron chi connectivity index (χ4n) is 4.90. The summed E-state index contributed by atoms with van der Waals surface area (Å²) in [5.41, 5.74) is 3.33. The number of aryl methyl sites for hydroxylation is 2. The number of benzene rings is 4. The third kappa shape index (κ3) is 6.36. The molecule has 3 heterocycles. The first kappa shape index (κ1) is 28.6. The number of fused-ring (bicyclic) bond motifs is 8. The number of ether oxygens (including phenoxy) is 6. The van der Waals surface area contributed by atoms with Gasteiger partial charge in [-0.25, -0.2) is 0 Å². The molecule has 0 unspecified atom stereocenters. The van der Waals surface area contributed by atoms with Crippen molar-refractivity contribution in [3.63, 3.8) is 0 Å². The Morgan fingerprint density at radius 3 is 1.00 bits per heavy atom. The monoisotopic (exact) mass is 612 g/mol. The van der Waals surface area contributed by atoms with E-state index < -0.39 is 0 Å². The fraction of sp³-hybridized carbons (Fsp3) is 0.111. The zero-order chi connectivity index (χ0) is 31.6. The Labute approximate surface area is 265 Å². The number of nitrogens with zero attached hydrogens (tertiary/aromatic N) is 4. The van der Waals surface area contributed by atoms with Crippen LogP contribution in [0.3, 0.4) is 0 Å². The van der Waals surface area contributed by atoms with Crippen LogP contribution in [0.5, 0.6) is 58.0 Å². The third-order valence-corrected chi connectivity index (χ3v) is 6.99. The third-order valence-electron chi connectivity index (χ3n) is 6.99. The molecule has 0 saturated carbocycles. The first-order chi connectivity index (χ1) is 22.4. The van der Waals surface area contributed by atoms with Gasteiger partial charge in [0.05, 0.1) is 26.4 Å². The number of hydrogen-bond acceptors (Lipinski definition) is 10. The number of hydrogen-bond donors (Lipinski definition) is 0. The van der Waals surface area contributed by atoms with Crippen LogP contribution < -0.4 is 28.4 Å². The van der Waals surface area contributed by atoms with E-state index in [4.69, 9.17) is 48.4 Å². The van der Waals surface area contributed by atoms with Crippen LogP contribution >= 0.6 is 0 Å². The lowest BCUT2D eigenvalue weighted by Crippen LogP contribution is -2.00. The molecule has 2 aromatic heterocycles. The van der Waals surface area contributed by atoms with Crippen LogP contribution in [-0.4, -0.2) is 34.2 Å². The van der Waals surface area contributed by atoms with Crippen molar-refractivity contribution in [2.75, 3.05) is 14.2 Å². The molecule has 6 aromatic rings. The molecule has 1 aliphatic heterocycles. The molecule has 0 fully saturated rings. The van der Waals surface area contributed by atoms with Gasteiger partial charge in [-0.3, -0.25) is 0 Å². The second kappa shape index (κ2) is 12.1. The highest BCUT2D eigenvalue weighted by atomic mass is 16.5. The van der Waals surface area contributed by atoms with Crippen molar-refractivity contribution in [3.8, 4) is 80.8 Å². The number of aromatic nitrogens is 4. The van der Waals surface area contributed by atoms with Crippen LogP contribution in [0.25, 0.3) is 22.8 Å². The molecule has 228 valence electrons. The lowest BCUT2D eigenvalue weighted by Gasteiger charge is -2.15. The molecule has 0 radical (unpaired) electrons. The first-order valence-electron chi connectivity index (χ1n) is 14.4. The second-order valence-corrected chi connectivity index (χ2v) is 10.6. The van der Waals surface area contributed by atoms with E-state index in [0.717, 1.165) is 33.8 Å². The quantitative estimate of drug-likeness (QED) is 0.191. The van der Waals surface area contributed by atoms with E-state index in [0.29, 0.717) is 34.6 Å². The van der Waals surface area contributed by atoms with E-state index in [1.54, 1.807) is 38.5 Å². The van der Waals surface area contributed by atoms with Crippen molar-refractivity contribution in [3.05, 3.63) is 108 Å². The van der Waals surface area contributed by atoms with Crippen LogP contribution in [0.2, 0.25) is 0 Å². The maximum atomic E-state index is 6.29. The molecule has 0 saturated heterocycles. The molecule has 8 bridgehead atoms. The molecule has 0 spiro atoms. The van der Waals surface area contributed by atoms with Gasteiger partial charge in [0.2, 0.25) is 23.5 Å². The topological polar surface area (TPSA) is 107 Å². The summed E-state index contributed by atoms with van der Waals surface area (Å²) in [5, 5.41) is 0. The molecular formula is C36H28N4O6. The van der Waals surface area contributed by atoms with E-state index >= 15 is 0 Å². The SMILES string of the molecule is COc1ccc(-c2nc3cc(n2)Oc2cc(C)cc(c2)Oc2cc(nc(-c4ccc(OC)cc4)n2)Oc2cc(C)cc(c2)O3)cc1. The highest BCUT2D eigenvalue weighted by Gasteiger charge is 2.16. The Bertz CT molecular complexity index is 1820. The molecule has 10 nitrogen and oxygen atoms in total. The molecule has 0 N–H and O–H groups in total. The summed E-state index contributed by atoms with van der Waals surface area (Å²) in [5.74, 6) is 5.44. The predicted octanol–water partition coefficient (Wildman–Crippen LogP) is 8.72. The Hall–Kier alpha value is -6.16. The Balaban J connectivity index is 1.35. The normalized spacial score (nSPS) is 11.7. The van der Waals surface area contributed by atoms with Crippen LogP contribution in [0, 0.1) is 13.8 Å². The number of methoxy groups -OCH3 is 2. The van der Waals surface area contributed by atoms with Crippen LogP contribution in [0.1, 0.15) is 11.1 Å². The van der Waals surface area contributed by atoms with Crippen molar-refractivity contribution in [2.24, 2.45) is 0 Å². The Morgan fingerprint density at radius 1 is 0.413 bits per heavy atom. The largest absolute Gasteiger partial charge is 0.497 e. The van der Waals surface area contributed by atoms with Crippen molar-refractivity contribution in [1.29, 1.82) is 0 Å². The molecule has 0 aliphatic carbocycles. The van der Waals surface area contributed by atoms with Crippen molar-refractivity contribution >= 4 is 0 Å². The van der Waals surface area contributed by atoms with Gasteiger partial charge in [0.1, 0.15) is 34.5 Å². The fourth-order valence-corrected chi connectivity index (χ4v) is 4.90. The summed E-state index contributed by atoms with van der Waals surface area (Å²) >= 11 is 0. The van der Waals surface area contributed by atoms with E-state index in [9.17, 15) is 0 Å². The van der Waals surface area contributed by atoms with Gasteiger partial charge >= 0.3 is 0 Å². The van der Waals surface area contributed by atoms with Gasteiger partial charge in [0.15, 0.2) is 11.6 Å². The summed E-state index contributed by atoms with van der Waals surface area (Å²) < 4.78 is 35.8. The van der Waals surface area contributed by atoms with E-state index in [1.165, 1.54) is 0 Å². The van der Waals surface area contributed by atoms with Crippen molar-refractivity contribution in [2.45, 2.75) is 13.8 Å². The Kier molecular flexibility index (Phi) is 7.51. The minimum absolute atomic E-state index is 0.287. The van der Waals surface area contributed by atoms with Crippen LogP contribution in [0.4, 0.5) is 0 Å². The summed E-state index contributed by atoms with van der Waals surface area (Å²) in [7, 11) is 3.24. The highest BCUT2D eigenvalue weighted by molar-refractivity contribution is 5.59. The highest BCUT2D eigenvalue weighted by Crippen LogP contribution is 2.36. The molecule has 0 amide bonds. The van der Waals surface area contributed by atoms with Crippen molar-refractivity contribution in [1.82, 2.24) is 19.9 Å². The van der Waals surface area contributed by atoms with Gasteiger partial charge in [0.25, 0.3) is 0 Å². The van der Waals surface area contributed by atoms with E-state index in [2.05, 4.69) is 0 Å². The molecule has 10 heteroatoms. The average Bonchev–Trinajstić information content (AvgIpc) is 3.03. The smallest absolute Gasteiger partial charge is 0.226 e. The van der Waals surface area contributed by atoms with Crippen LogP contribution in [0.15, 0.2) is 97.1 Å². The molecule has 4 aromatic carbocycles. The maximum Gasteiger partial charge on any atom is 0.226 e. The van der Waals surface area contributed by atoms with Crippen molar-refractivity contribution < 1.29 is 28.4 Å². The van der Waals surface area contributed by atoms with Gasteiger partial charge < -0.3 is 28.4 Å². The van der Waals surface area contributed by atoms with E-state index in [1.807, 2.05) is 86.6 Å². The van der Waals surface area contributed by atoms with Gasteiger partial charge in [-0.05, 0) is 97.8 Å². The molecule has 1 aliphatic rings. The maximum absolute atomic E-state index is 6.29. The summed E-state index contributed by atoms with van der Waals surface area (Å²) in [6, 6.07) is 29.2. The molecule has 7 rings (SSSR count). The molecule has 0 atom stereocenters. The minimum atomic E-state index is 0.287. The minimum Gasteiger partial charge on any atom is -0.497 e. The summed E-state index contributed by atoms with van der Waals surface area (Å²) in [6.07, 6.45) is 0. The van der Waals surface area contributed by atoms with Gasteiger partial charge in [0, 0.05) is 23.3 Å². The lowest BCUT2D eigenvalue weighted by molar-refractivity contribution is 0.414. The van der Waals surface area contributed by atoms with E-state index in [-0.39, 0.29) is 23.5 Å².